The first-order valence-electron chi connectivity index (χ1n) is 23.4. The van der Waals surface area contributed by atoms with Gasteiger partial charge in [-0.3, -0.25) is 38.3 Å². The van der Waals surface area contributed by atoms with Gasteiger partial charge in [0.25, 0.3) is 0 Å². The summed E-state index contributed by atoms with van der Waals surface area (Å²) in [5, 5.41) is 23.8. The fourth-order valence-electron chi connectivity index (χ4n) is 10.9. The van der Waals surface area contributed by atoms with Gasteiger partial charge in [0.15, 0.2) is 0 Å². The summed E-state index contributed by atoms with van der Waals surface area (Å²) in [5.74, 6) is 0.114. The number of aryl methyl sites for hydroxylation is 2. The molecule has 2 saturated heterocycles. The Morgan fingerprint density at radius 1 is 0.672 bits per heavy atom. The number of carbonyl (C=O) groups excluding carboxylic acids is 2. The summed E-state index contributed by atoms with van der Waals surface area (Å²) in [7, 11) is 3.82. The summed E-state index contributed by atoms with van der Waals surface area (Å²) in [6.07, 6.45) is 15.2. The van der Waals surface area contributed by atoms with Crippen molar-refractivity contribution < 1.29 is 19.1 Å². The van der Waals surface area contributed by atoms with Gasteiger partial charge in [-0.2, -0.15) is 20.4 Å². The van der Waals surface area contributed by atoms with Crippen LogP contribution in [0, 0.1) is 0 Å². The SMILES string of the molecule is CC(=O)N1CCc2c(c(-c3cc(C4C[C@H](n5nc(-c6cccc7cc(-c8cnn(C)c8)ncc67)c6c5CCN(C(C)=O)C6)CO4)cc4cc(-c5cnn(C)c5)ncc34)nn2C2CCOCC2)C1. The molecule has 4 aliphatic heterocycles. The number of nitrogens with zero attached hydrogens (tertiary/aromatic N) is 12. The van der Waals surface area contributed by atoms with Crippen molar-refractivity contribution in [3.05, 3.63) is 108 Å². The van der Waals surface area contributed by atoms with Gasteiger partial charge in [0.1, 0.15) is 0 Å². The molecule has 1 unspecified atom stereocenters. The first kappa shape index (κ1) is 41.4. The third-order valence-electron chi connectivity index (χ3n) is 14.4. The fraction of sp³-hybridized carbons (Fsp3) is 0.373. The van der Waals surface area contributed by atoms with Crippen LogP contribution in [-0.4, -0.2) is 104 Å². The van der Waals surface area contributed by atoms with Crippen molar-refractivity contribution in [1.82, 2.24) is 58.9 Å². The van der Waals surface area contributed by atoms with E-state index in [1.165, 1.54) is 5.69 Å². The van der Waals surface area contributed by atoms with E-state index < -0.39 is 0 Å². The maximum Gasteiger partial charge on any atom is 0.219 e. The Morgan fingerprint density at radius 3 is 1.85 bits per heavy atom. The van der Waals surface area contributed by atoms with E-state index >= 15 is 0 Å². The quantitative estimate of drug-likeness (QED) is 0.161. The molecule has 6 aromatic heterocycles. The number of fused-ring (bicyclic) bond motifs is 4. The second-order valence-electron chi connectivity index (χ2n) is 18.6. The zero-order valence-electron chi connectivity index (χ0n) is 38.2. The molecule has 0 saturated carbocycles. The number of amides is 2. The van der Waals surface area contributed by atoms with Crippen LogP contribution in [0.4, 0.5) is 0 Å². The number of carbonyl (C=O) groups is 2. The van der Waals surface area contributed by atoms with E-state index in [0.717, 1.165) is 108 Å². The third kappa shape index (κ3) is 7.29. The predicted octanol–water partition coefficient (Wildman–Crippen LogP) is 7.17. The van der Waals surface area contributed by atoms with Gasteiger partial charge in [0.05, 0.1) is 60.0 Å². The molecule has 12 rings (SSSR count). The molecule has 2 fully saturated rings. The summed E-state index contributed by atoms with van der Waals surface area (Å²) in [6.45, 7) is 7.47. The topological polar surface area (TPSA) is 156 Å². The Labute approximate surface area is 387 Å². The van der Waals surface area contributed by atoms with Crippen molar-refractivity contribution in [2.75, 3.05) is 32.9 Å². The van der Waals surface area contributed by atoms with Crippen LogP contribution < -0.4 is 0 Å². The number of ether oxygens (including phenoxy) is 2. The maximum absolute atomic E-state index is 12.9. The molecule has 0 N–H and O–H groups in total. The van der Waals surface area contributed by atoms with E-state index in [2.05, 4.69) is 62.0 Å². The van der Waals surface area contributed by atoms with Gasteiger partial charge >= 0.3 is 0 Å². The molecule has 4 aliphatic rings. The molecule has 340 valence electrons. The van der Waals surface area contributed by atoms with E-state index in [0.29, 0.717) is 58.8 Å². The van der Waals surface area contributed by atoms with Crippen molar-refractivity contribution in [3.8, 4) is 45.0 Å². The van der Waals surface area contributed by atoms with Crippen LogP contribution in [-0.2, 0) is 59.1 Å². The van der Waals surface area contributed by atoms with Gasteiger partial charge in [-0.25, -0.2) is 0 Å². The van der Waals surface area contributed by atoms with E-state index in [9.17, 15) is 9.59 Å². The zero-order valence-corrected chi connectivity index (χ0v) is 38.2. The van der Waals surface area contributed by atoms with Crippen LogP contribution in [0.1, 0.15) is 79.4 Å². The van der Waals surface area contributed by atoms with Crippen LogP contribution in [0.5, 0.6) is 0 Å². The molecule has 0 aliphatic carbocycles. The van der Waals surface area contributed by atoms with E-state index in [4.69, 9.17) is 29.6 Å². The average molecular weight is 897 g/mol. The number of benzene rings is 2. The summed E-state index contributed by atoms with van der Waals surface area (Å²) < 4.78 is 20.7. The highest BCUT2D eigenvalue weighted by Crippen LogP contribution is 2.44. The lowest BCUT2D eigenvalue weighted by Gasteiger charge is -2.29. The molecule has 0 spiro atoms. The van der Waals surface area contributed by atoms with E-state index in [1.807, 2.05) is 61.1 Å². The minimum absolute atomic E-state index is 0.0474. The molecule has 10 heterocycles. The van der Waals surface area contributed by atoms with Gasteiger partial charge in [-0.1, -0.05) is 18.2 Å². The van der Waals surface area contributed by atoms with Gasteiger partial charge < -0.3 is 19.3 Å². The van der Waals surface area contributed by atoms with E-state index in [1.54, 1.807) is 23.2 Å². The van der Waals surface area contributed by atoms with Crippen molar-refractivity contribution in [3.63, 3.8) is 0 Å². The first-order valence-corrected chi connectivity index (χ1v) is 23.4. The molecule has 2 amide bonds. The molecule has 16 heteroatoms. The van der Waals surface area contributed by atoms with Gasteiger partial charge in [0, 0.05) is 167 Å². The number of hydrogen-bond acceptors (Lipinski definition) is 10. The normalized spacial score (nSPS) is 18.8. The maximum atomic E-state index is 12.9. The highest BCUT2D eigenvalue weighted by molar-refractivity contribution is 5.99. The van der Waals surface area contributed by atoms with Gasteiger partial charge in [0.2, 0.25) is 11.8 Å². The van der Waals surface area contributed by atoms with Gasteiger partial charge in [-0.05, 0) is 53.4 Å². The van der Waals surface area contributed by atoms with Crippen molar-refractivity contribution in [2.45, 2.75) is 77.2 Å². The zero-order chi connectivity index (χ0) is 45.5. The standard InChI is InChI=1S/C51H52N12O4/c1-30(64)60-13-9-48-43(27-60)50(39-7-5-6-32-18-45(52-23-41(32)39)35-21-54-58(3)25-35)56-63(48)38-20-49(67-29-38)34-16-33-19-46(36-22-55-59(4)26-36)53-24-42(33)40(17-34)51-44-28-61(31(2)65)12-8-47(44)62(57-51)37-10-14-66-15-11-37/h5-7,16-19,21-26,37-38,49H,8-15,20,27-29H2,1-4H3/t38-,49?/m0/s1. The Hall–Kier alpha value is -7.04. The summed E-state index contributed by atoms with van der Waals surface area (Å²) >= 11 is 0. The summed E-state index contributed by atoms with van der Waals surface area (Å²) in [5.41, 5.74) is 12.9. The average Bonchev–Trinajstić information content (AvgIpc) is 4.21. The Balaban J connectivity index is 0.951. The summed E-state index contributed by atoms with van der Waals surface area (Å²) in [4.78, 5) is 39.5. The van der Waals surface area contributed by atoms with Crippen molar-refractivity contribution in [1.29, 1.82) is 0 Å². The van der Waals surface area contributed by atoms with Crippen LogP contribution in [0.25, 0.3) is 66.6 Å². The highest BCUT2D eigenvalue weighted by Gasteiger charge is 2.36. The molecule has 16 nitrogen and oxygen atoms in total. The van der Waals surface area contributed by atoms with Crippen LogP contribution in [0.15, 0.2) is 79.6 Å². The molecular formula is C51H52N12O4. The molecule has 67 heavy (non-hydrogen) atoms. The lowest BCUT2D eigenvalue weighted by Crippen LogP contribution is -2.35. The molecule has 0 bridgehead atoms. The smallest absolute Gasteiger partial charge is 0.219 e. The number of pyridine rings is 2. The summed E-state index contributed by atoms with van der Waals surface area (Å²) in [6, 6.07) is 15.2. The number of aromatic nitrogens is 10. The van der Waals surface area contributed by atoms with Crippen LogP contribution in [0.2, 0.25) is 0 Å². The predicted molar refractivity (Wildman–Crippen MR) is 251 cm³/mol. The lowest BCUT2D eigenvalue weighted by atomic mass is 9.92. The second-order valence-corrected chi connectivity index (χ2v) is 18.6. The van der Waals surface area contributed by atoms with Crippen molar-refractivity contribution >= 4 is 33.4 Å². The van der Waals surface area contributed by atoms with E-state index in [-0.39, 0.29) is 30.0 Å². The Kier molecular flexibility index (Phi) is 10.1. The molecule has 0 radical (unpaired) electrons. The molecule has 2 atom stereocenters. The molecule has 8 aromatic rings. The second kappa shape index (κ2) is 16.4. The minimum atomic E-state index is -0.237. The molecular weight excluding hydrogens is 845 g/mol. The van der Waals surface area contributed by atoms with Crippen LogP contribution in [0.3, 0.4) is 0 Å². The first-order chi connectivity index (χ1) is 32.6. The minimum Gasteiger partial charge on any atom is -0.381 e. The number of rotatable bonds is 7. The fourth-order valence-corrected chi connectivity index (χ4v) is 10.9. The Bertz CT molecular complexity index is 3260. The highest BCUT2D eigenvalue weighted by atomic mass is 16.5. The Morgan fingerprint density at radius 2 is 1.25 bits per heavy atom. The van der Waals surface area contributed by atoms with Crippen molar-refractivity contribution in [2.24, 2.45) is 14.1 Å². The van der Waals surface area contributed by atoms with Gasteiger partial charge in [-0.15, -0.1) is 0 Å². The third-order valence-corrected chi connectivity index (χ3v) is 14.4. The molecule has 2 aromatic carbocycles. The largest absolute Gasteiger partial charge is 0.381 e. The lowest BCUT2D eigenvalue weighted by molar-refractivity contribution is -0.130. The monoisotopic (exact) mass is 896 g/mol. The number of hydrogen-bond donors (Lipinski definition) is 0. The van der Waals surface area contributed by atoms with Crippen LogP contribution >= 0.6 is 0 Å².